The van der Waals surface area contributed by atoms with Crippen molar-refractivity contribution >= 4 is 11.9 Å². The van der Waals surface area contributed by atoms with Crippen molar-refractivity contribution in [2.45, 2.75) is 39.5 Å². The van der Waals surface area contributed by atoms with Crippen LogP contribution in [0.25, 0.3) is 11.1 Å². The topological polar surface area (TPSA) is 52.6 Å². The Morgan fingerprint density at radius 2 is 1.09 bits per heavy atom. The standard InChI is InChI=1S/C28H30O4/c1-7-11-23-25(13-9-3)28(32-20(6)30)26(14-10-4)24(12-8-2)27(23)21-15-17-22(18-16-21)31-19(5)29/h7-10,15-18H,1-4,11-14H2,5-6H3. The molecule has 0 bridgehead atoms. The first-order valence-electron chi connectivity index (χ1n) is 10.5. The van der Waals surface area contributed by atoms with Crippen molar-refractivity contribution in [3.63, 3.8) is 0 Å². The first kappa shape index (κ1) is 24.6. The minimum atomic E-state index is -0.381. The molecule has 0 heterocycles. The van der Waals surface area contributed by atoms with Gasteiger partial charge in [0.05, 0.1) is 0 Å². The first-order valence-corrected chi connectivity index (χ1v) is 10.5. The molecular weight excluding hydrogens is 400 g/mol. The van der Waals surface area contributed by atoms with E-state index in [9.17, 15) is 9.59 Å². The maximum absolute atomic E-state index is 12.0. The van der Waals surface area contributed by atoms with E-state index in [1.54, 1.807) is 24.3 Å². The van der Waals surface area contributed by atoms with Crippen LogP contribution in [0.4, 0.5) is 0 Å². The van der Waals surface area contributed by atoms with E-state index in [0.29, 0.717) is 37.2 Å². The third-order valence-corrected chi connectivity index (χ3v) is 4.92. The Bertz CT molecular complexity index is 997. The van der Waals surface area contributed by atoms with Crippen molar-refractivity contribution in [3.8, 4) is 22.6 Å². The SMILES string of the molecule is C=CCc1c(CC=C)c(-c2ccc(OC(C)=O)cc2)c(CC=C)c(CC=C)c1OC(C)=O. The highest BCUT2D eigenvalue weighted by Gasteiger charge is 2.24. The van der Waals surface area contributed by atoms with Gasteiger partial charge in [-0.2, -0.15) is 0 Å². The monoisotopic (exact) mass is 430 g/mol. The molecule has 0 N–H and O–H groups in total. The largest absolute Gasteiger partial charge is 0.427 e. The summed E-state index contributed by atoms with van der Waals surface area (Å²) in [7, 11) is 0. The molecule has 0 aliphatic rings. The molecule has 0 saturated carbocycles. The Hall–Kier alpha value is -3.66. The molecule has 0 fully saturated rings. The molecule has 2 aromatic carbocycles. The molecule has 0 aromatic heterocycles. The summed E-state index contributed by atoms with van der Waals surface area (Å²) >= 11 is 0. The van der Waals surface area contributed by atoms with Gasteiger partial charge in [0, 0.05) is 25.0 Å². The summed E-state index contributed by atoms with van der Waals surface area (Å²) in [5.74, 6) is 0.287. The molecule has 2 rings (SSSR count). The highest BCUT2D eigenvalue weighted by atomic mass is 16.5. The van der Waals surface area contributed by atoms with Crippen LogP contribution in [0.5, 0.6) is 11.5 Å². The predicted octanol–water partition coefficient (Wildman–Crippen LogP) is 6.12. The molecule has 0 aliphatic carbocycles. The molecule has 0 radical (unpaired) electrons. The smallest absolute Gasteiger partial charge is 0.308 e. The minimum Gasteiger partial charge on any atom is -0.427 e. The van der Waals surface area contributed by atoms with Gasteiger partial charge in [0.2, 0.25) is 0 Å². The van der Waals surface area contributed by atoms with Gasteiger partial charge in [-0.1, -0.05) is 36.4 Å². The van der Waals surface area contributed by atoms with E-state index < -0.39 is 0 Å². The Labute approximate surface area is 190 Å². The number of hydrogen-bond acceptors (Lipinski definition) is 4. The van der Waals surface area contributed by atoms with Crippen LogP contribution in [0.15, 0.2) is 74.9 Å². The Balaban J connectivity index is 2.95. The third-order valence-electron chi connectivity index (χ3n) is 4.92. The molecule has 0 amide bonds. The lowest BCUT2D eigenvalue weighted by Crippen LogP contribution is -2.13. The highest BCUT2D eigenvalue weighted by Crippen LogP contribution is 2.42. The van der Waals surface area contributed by atoms with Crippen molar-refractivity contribution in [2.75, 3.05) is 0 Å². The van der Waals surface area contributed by atoms with Gasteiger partial charge < -0.3 is 9.47 Å². The van der Waals surface area contributed by atoms with Crippen LogP contribution in [0.3, 0.4) is 0 Å². The Kier molecular flexibility index (Phi) is 8.96. The summed E-state index contributed by atoms with van der Waals surface area (Å²) in [6.45, 7) is 18.4. The van der Waals surface area contributed by atoms with Gasteiger partial charge in [0.1, 0.15) is 11.5 Å². The van der Waals surface area contributed by atoms with Gasteiger partial charge in [-0.05, 0) is 60.1 Å². The summed E-state index contributed by atoms with van der Waals surface area (Å²) in [5.41, 5.74) is 5.82. The molecular formula is C28H30O4. The van der Waals surface area contributed by atoms with Crippen LogP contribution >= 0.6 is 0 Å². The number of ether oxygens (including phenoxy) is 2. The molecule has 0 atom stereocenters. The quantitative estimate of drug-likeness (QED) is 0.245. The molecule has 0 saturated heterocycles. The van der Waals surface area contributed by atoms with Crippen molar-refractivity contribution in [3.05, 3.63) is 97.1 Å². The number of carbonyl (C=O) groups is 2. The van der Waals surface area contributed by atoms with Crippen LogP contribution in [0, 0.1) is 0 Å². The second-order valence-corrected chi connectivity index (χ2v) is 7.30. The molecule has 0 unspecified atom stereocenters. The number of benzene rings is 2. The van der Waals surface area contributed by atoms with E-state index in [1.165, 1.54) is 13.8 Å². The van der Waals surface area contributed by atoms with E-state index in [2.05, 4.69) is 26.3 Å². The van der Waals surface area contributed by atoms with E-state index >= 15 is 0 Å². The van der Waals surface area contributed by atoms with Crippen molar-refractivity contribution in [1.82, 2.24) is 0 Å². The zero-order valence-corrected chi connectivity index (χ0v) is 18.9. The summed E-state index contributed by atoms with van der Waals surface area (Å²) in [5, 5.41) is 0. The lowest BCUT2D eigenvalue weighted by atomic mass is 9.82. The lowest BCUT2D eigenvalue weighted by molar-refractivity contribution is -0.132. The zero-order chi connectivity index (χ0) is 23.7. The molecule has 4 heteroatoms. The van der Waals surface area contributed by atoms with Gasteiger partial charge in [0.25, 0.3) is 0 Å². The highest BCUT2D eigenvalue weighted by molar-refractivity contribution is 5.80. The fourth-order valence-electron chi connectivity index (χ4n) is 3.87. The van der Waals surface area contributed by atoms with Gasteiger partial charge >= 0.3 is 11.9 Å². The Morgan fingerprint density at radius 1 is 0.688 bits per heavy atom. The summed E-state index contributed by atoms with van der Waals surface area (Å²) < 4.78 is 10.9. The number of rotatable bonds is 11. The van der Waals surface area contributed by atoms with E-state index in [1.807, 2.05) is 24.3 Å². The van der Waals surface area contributed by atoms with Crippen LogP contribution in [-0.4, -0.2) is 11.9 Å². The summed E-state index contributed by atoms with van der Waals surface area (Å²) in [4.78, 5) is 23.3. The molecule has 166 valence electrons. The van der Waals surface area contributed by atoms with Crippen LogP contribution in [0.2, 0.25) is 0 Å². The fourth-order valence-corrected chi connectivity index (χ4v) is 3.87. The number of allylic oxidation sites excluding steroid dienone is 4. The minimum absolute atomic E-state index is 0.371. The number of carbonyl (C=O) groups excluding carboxylic acids is 2. The van der Waals surface area contributed by atoms with Crippen LogP contribution < -0.4 is 9.47 Å². The predicted molar refractivity (Wildman–Crippen MR) is 130 cm³/mol. The molecule has 0 aliphatic heterocycles. The van der Waals surface area contributed by atoms with Crippen LogP contribution in [0.1, 0.15) is 36.1 Å². The fraction of sp³-hybridized carbons (Fsp3) is 0.214. The maximum Gasteiger partial charge on any atom is 0.308 e. The van der Waals surface area contributed by atoms with Gasteiger partial charge in [-0.3, -0.25) is 9.59 Å². The summed E-state index contributed by atoms with van der Waals surface area (Å²) in [6.07, 6.45) is 9.49. The Morgan fingerprint density at radius 3 is 1.47 bits per heavy atom. The molecule has 4 nitrogen and oxygen atoms in total. The van der Waals surface area contributed by atoms with Gasteiger partial charge in [-0.15, -0.1) is 26.3 Å². The molecule has 0 spiro atoms. The summed E-state index contributed by atoms with van der Waals surface area (Å²) in [6, 6.07) is 7.39. The van der Waals surface area contributed by atoms with E-state index in [4.69, 9.17) is 9.47 Å². The maximum atomic E-state index is 12.0. The van der Waals surface area contributed by atoms with Crippen LogP contribution in [-0.2, 0) is 35.3 Å². The number of esters is 2. The first-order chi connectivity index (χ1) is 15.4. The molecule has 2 aromatic rings. The van der Waals surface area contributed by atoms with E-state index in [0.717, 1.165) is 33.4 Å². The zero-order valence-electron chi connectivity index (χ0n) is 18.9. The average Bonchev–Trinajstić information content (AvgIpc) is 2.73. The second-order valence-electron chi connectivity index (χ2n) is 7.30. The van der Waals surface area contributed by atoms with Gasteiger partial charge in [-0.25, -0.2) is 0 Å². The normalized spacial score (nSPS) is 10.2. The lowest BCUT2D eigenvalue weighted by Gasteiger charge is -2.25. The second kappa shape index (κ2) is 11.7. The number of hydrogen-bond donors (Lipinski definition) is 0. The van der Waals surface area contributed by atoms with Crippen molar-refractivity contribution in [1.29, 1.82) is 0 Å². The molecule has 32 heavy (non-hydrogen) atoms. The van der Waals surface area contributed by atoms with Crippen molar-refractivity contribution in [2.24, 2.45) is 0 Å². The third kappa shape index (κ3) is 5.73. The average molecular weight is 431 g/mol. The van der Waals surface area contributed by atoms with E-state index in [-0.39, 0.29) is 11.9 Å². The van der Waals surface area contributed by atoms with Crippen molar-refractivity contribution < 1.29 is 19.1 Å². The van der Waals surface area contributed by atoms with Gasteiger partial charge in [0.15, 0.2) is 0 Å².